The highest BCUT2D eigenvalue weighted by atomic mass is 19.1. The first kappa shape index (κ1) is 26.6. The number of nitrogens with one attached hydrogen (secondary N) is 1. The molecule has 0 radical (unpaired) electrons. The van der Waals surface area contributed by atoms with Crippen LogP contribution in [0, 0.1) is 11.9 Å². The minimum Gasteiger partial charge on any atom is -0.444 e. The zero-order valence-electron chi connectivity index (χ0n) is 21.4. The van der Waals surface area contributed by atoms with E-state index >= 15 is 0 Å². The predicted molar refractivity (Wildman–Crippen MR) is 131 cm³/mol. The van der Waals surface area contributed by atoms with Crippen LogP contribution < -0.4 is 11.1 Å². The van der Waals surface area contributed by atoms with Crippen molar-refractivity contribution >= 4 is 23.8 Å². The lowest BCUT2D eigenvalue weighted by molar-refractivity contribution is -0.139. The van der Waals surface area contributed by atoms with Crippen LogP contribution in [0.25, 0.3) is 0 Å². The summed E-state index contributed by atoms with van der Waals surface area (Å²) < 4.78 is 19.1. The number of pyridine rings is 1. The Morgan fingerprint density at radius 2 is 1.84 bits per heavy atom. The van der Waals surface area contributed by atoms with Gasteiger partial charge in [-0.05, 0) is 71.3 Å². The normalized spacial score (nSPS) is 26.1. The molecule has 4 heterocycles. The molecule has 3 saturated heterocycles. The molecule has 3 aliphatic heterocycles. The van der Waals surface area contributed by atoms with E-state index in [4.69, 9.17) is 10.5 Å². The highest BCUT2D eigenvalue weighted by molar-refractivity contribution is 5.95. The quantitative estimate of drug-likeness (QED) is 0.579. The standard InChI is InChI=1S/C26H34FN5O5/c1-14-5-8-19(22(28)33)31(14)24(35)21(30-25(36)37-26(2,3)4)16-11-17-6-7-18(12-16)32(17)23(34)15-9-10-29-20(27)13-15/h9-10,13,16-19,21H,1,5-8,11-12H2,2-4H3,(H2,28,33)(H,30,36)/t16?,17?,18?,19-,21-/m0/s1. The maximum Gasteiger partial charge on any atom is 0.408 e. The van der Waals surface area contributed by atoms with Gasteiger partial charge in [-0.3, -0.25) is 14.4 Å². The van der Waals surface area contributed by atoms with Gasteiger partial charge >= 0.3 is 6.09 Å². The van der Waals surface area contributed by atoms with Crippen molar-refractivity contribution in [3.63, 3.8) is 0 Å². The molecule has 0 saturated carbocycles. The second-order valence-corrected chi connectivity index (χ2v) is 11.1. The number of amides is 4. The number of halogens is 1. The monoisotopic (exact) mass is 515 g/mol. The van der Waals surface area contributed by atoms with E-state index in [9.17, 15) is 23.6 Å². The number of likely N-dealkylation sites (tertiary alicyclic amines) is 1. The van der Waals surface area contributed by atoms with E-state index in [1.54, 1.807) is 25.7 Å². The van der Waals surface area contributed by atoms with Gasteiger partial charge in [0.1, 0.15) is 17.7 Å². The first-order chi connectivity index (χ1) is 17.4. The number of primary amides is 1. The van der Waals surface area contributed by atoms with Crippen LogP contribution in [-0.2, 0) is 14.3 Å². The number of nitrogens with two attached hydrogens (primary N) is 1. The number of aromatic nitrogens is 1. The SMILES string of the molecule is C=C1CC[C@@H](C(N)=O)N1C(=O)[C@@H](NC(=O)OC(C)(C)C)C1CC2CCC(C1)N2C(=O)c1ccnc(F)c1. The zero-order chi connectivity index (χ0) is 27.1. The number of carbonyl (C=O) groups excluding carboxylic acids is 4. The Morgan fingerprint density at radius 3 is 2.41 bits per heavy atom. The Kier molecular flexibility index (Phi) is 7.25. The minimum atomic E-state index is -0.995. The van der Waals surface area contributed by atoms with Gasteiger partial charge in [-0.25, -0.2) is 9.78 Å². The van der Waals surface area contributed by atoms with Crippen molar-refractivity contribution in [1.82, 2.24) is 20.1 Å². The second kappa shape index (κ2) is 10.1. The van der Waals surface area contributed by atoms with E-state index in [2.05, 4.69) is 16.9 Å². The van der Waals surface area contributed by atoms with Crippen LogP contribution in [0.15, 0.2) is 30.6 Å². The average molecular weight is 516 g/mol. The van der Waals surface area contributed by atoms with Gasteiger partial charge in [0.25, 0.3) is 5.91 Å². The summed E-state index contributed by atoms with van der Waals surface area (Å²) in [5, 5.41) is 2.75. The molecule has 0 aliphatic carbocycles. The van der Waals surface area contributed by atoms with Crippen LogP contribution in [0.1, 0.15) is 69.7 Å². The fourth-order valence-corrected chi connectivity index (χ4v) is 5.83. The lowest BCUT2D eigenvalue weighted by atomic mass is 9.83. The molecule has 0 spiro atoms. The summed E-state index contributed by atoms with van der Waals surface area (Å²) in [6.45, 7) is 9.11. The molecule has 1 aromatic rings. The van der Waals surface area contributed by atoms with Gasteiger partial charge in [0, 0.05) is 35.6 Å². The van der Waals surface area contributed by atoms with E-state index in [0.717, 1.165) is 18.9 Å². The molecule has 3 N–H and O–H groups in total. The third-order valence-corrected chi connectivity index (χ3v) is 7.31. The van der Waals surface area contributed by atoms with Crippen LogP contribution in [0.4, 0.5) is 9.18 Å². The summed E-state index contributed by atoms with van der Waals surface area (Å²) in [5.41, 5.74) is 5.48. The van der Waals surface area contributed by atoms with Gasteiger partial charge in [-0.15, -0.1) is 0 Å². The number of allylic oxidation sites excluding steroid dienone is 1. The molecule has 11 heteroatoms. The number of ether oxygens (including phenoxy) is 1. The lowest BCUT2D eigenvalue weighted by Crippen LogP contribution is -2.58. The second-order valence-electron chi connectivity index (χ2n) is 11.1. The maximum atomic E-state index is 13.8. The number of hydrogen-bond acceptors (Lipinski definition) is 6. The van der Waals surface area contributed by atoms with E-state index < -0.39 is 41.5 Å². The fraction of sp³-hybridized carbons (Fsp3) is 0.577. The molecular formula is C26H34FN5O5. The smallest absolute Gasteiger partial charge is 0.408 e. The third kappa shape index (κ3) is 5.60. The number of alkyl carbamates (subject to hydrolysis) is 1. The molecule has 0 aromatic carbocycles. The summed E-state index contributed by atoms with van der Waals surface area (Å²) >= 11 is 0. The zero-order valence-corrected chi connectivity index (χ0v) is 21.4. The molecule has 4 atom stereocenters. The molecule has 10 nitrogen and oxygen atoms in total. The molecule has 4 amide bonds. The van der Waals surface area contributed by atoms with Crippen LogP contribution in [0.5, 0.6) is 0 Å². The van der Waals surface area contributed by atoms with Crippen LogP contribution >= 0.6 is 0 Å². The Hall–Kier alpha value is -3.50. The first-order valence-electron chi connectivity index (χ1n) is 12.6. The highest BCUT2D eigenvalue weighted by Crippen LogP contribution is 2.42. The minimum absolute atomic E-state index is 0.183. The number of piperidine rings is 1. The van der Waals surface area contributed by atoms with Gasteiger partial charge in [0.15, 0.2) is 0 Å². The van der Waals surface area contributed by atoms with E-state index in [1.807, 2.05) is 0 Å². The van der Waals surface area contributed by atoms with E-state index in [-0.39, 0.29) is 29.5 Å². The van der Waals surface area contributed by atoms with Crippen LogP contribution in [-0.4, -0.2) is 68.4 Å². The van der Waals surface area contributed by atoms with Crippen molar-refractivity contribution in [3.05, 3.63) is 42.1 Å². The molecular weight excluding hydrogens is 481 g/mol. The summed E-state index contributed by atoms with van der Waals surface area (Å²) in [6.07, 6.45) is 3.69. The van der Waals surface area contributed by atoms with Crippen molar-refractivity contribution in [2.75, 3.05) is 0 Å². The van der Waals surface area contributed by atoms with Crippen molar-refractivity contribution in [2.24, 2.45) is 11.7 Å². The summed E-state index contributed by atoms with van der Waals surface area (Å²) in [4.78, 5) is 58.5. The largest absolute Gasteiger partial charge is 0.444 e. The lowest BCUT2D eigenvalue weighted by Gasteiger charge is -2.42. The number of rotatable bonds is 5. The molecule has 2 bridgehead atoms. The molecule has 3 aliphatic rings. The Balaban J connectivity index is 1.58. The third-order valence-electron chi connectivity index (χ3n) is 7.31. The van der Waals surface area contributed by atoms with E-state index in [1.165, 1.54) is 17.2 Å². The molecule has 4 rings (SSSR count). The maximum absolute atomic E-state index is 13.8. The topological polar surface area (TPSA) is 135 Å². The fourth-order valence-electron chi connectivity index (χ4n) is 5.83. The van der Waals surface area contributed by atoms with Gasteiger partial charge in [-0.2, -0.15) is 4.39 Å². The van der Waals surface area contributed by atoms with Crippen molar-refractivity contribution in [2.45, 2.75) is 89.1 Å². The van der Waals surface area contributed by atoms with Gasteiger partial charge < -0.3 is 25.6 Å². The Morgan fingerprint density at radius 1 is 1.19 bits per heavy atom. The number of fused-ring (bicyclic) bond motifs is 2. The van der Waals surface area contributed by atoms with Crippen LogP contribution in [0.3, 0.4) is 0 Å². The Labute approximate surface area is 215 Å². The Bertz CT molecular complexity index is 1100. The van der Waals surface area contributed by atoms with Crippen molar-refractivity contribution in [3.8, 4) is 0 Å². The highest BCUT2D eigenvalue weighted by Gasteiger charge is 2.49. The molecule has 3 fully saturated rings. The summed E-state index contributed by atoms with van der Waals surface area (Å²) in [7, 11) is 0. The van der Waals surface area contributed by atoms with Crippen molar-refractivity contribution < 1.29 is 28.3 Å². The van der Waals surface area contributed by atoms with Crippen molar-refractivity contribution in [1.29, 1.82) is 0 Å². The van der Waals surface area contributed by atoms with Crippen LogP contribution in [0.2, 0.25) is 0 Å². The average Bonchev–Trinajstić information content (AvgIpc) is 3.31. The van der Waals surface area contributed by atoms with E-state index in [0.29, 0.717) is 31.4 Å². The molecule has 1 aromatic heterocycles. The summed E-state index contributed by atoms with van der Waals surface area (Å²) in [6, 6.07) is 0.408. The molecule has 200 valence electrons. The number of nitrogens with zero attached hydrogens (tertiary/aromatic N) is 3. The predicted octanol–water partition coefficient (Wildman–Crippen LogP) is 2.49. The van der Waals surface area contributed by atoms with Gasteiger partial charge in [0.05, 0.1) is 0 Å². The van der Waals surface area contributed by atoms with Gasteiger partial charge in [-0.1, -0.05) is 6.58 Å². The van der Waals surface area contributed by atoms with Gasteiger partial charge in [0.2, 0.25) is 17.8 Å². The molecule has 2 unspecified atom stereocenters. The molecule has 37 heavy (non-hydrogen) atoms. The number of carbonyl (C=O) groups is 4. The first-order valence-corrected chi connectivity index (χ1v) is 12.6. The number of hydrogen-bond donors (Lipinski definition) is 2. The summed E-state index contributed by atoms with van der Waals surface area (Å²) in [5.74, 6) is -2.42.